The molecule has 0 aliphatic carbocycles. The molecule has 1 atom stereocenters. The molecule has 0 unspecified atom stereocenters. The molecule has 8 heteroatoms. The fraction of sp³-hybridized carbons (Fsp3) is 0.345. The minimum absolute atomic E-state index is 0.0158. The van der Waals surface area contributed by atoms with E-state index in [9.17, 15) is 4.79 Å². The highest BCUT2D eigenvalue weighted by atomic mass is 16.3. The van der Waals surface area contributed by atoms with Gasteiger partial charge in [0.05, 0.1) is 11.4 Å². The highest BCUT2D eigenvalue weighted by Gasteiger charge is 2.26. The summed E-state index contributed by atoms with van der Waals surface area (Å²) < 4.78 is 6.43. The van der Waals surface area contributed by atoms with E-state index in [-0.39, 0.29) is 11.9 Å². The Kier molecular flexibility index (Phi) is 6.59. The summed E-state index contributed by atoms with van der Waals surface area (Å²) in [6.45, 7) is 8.01. The quantitative estimate of drug-likeness (QED) is 0.409. The van der Waals surface area contributed by atoms with E-state index in [0.29, 0.717) is 5.71 Å². The zero-order valence-corrected chi connectivity index (χ0v) is 21.1. The molecule has 1 amide bonds. The summed E-state index contributed by atoms with van der Waals surface area (Å²) in [5.74, 6) is 1.69. The average Bonchev–Trinajstić information content (AvgIpc) is 3.63. The van der Waals surface area contributed by atoms with Gasteiger partial charge in [0.2, 0.25) is 11.6 Å². The van der Waals surface area contributed by atoms with Crippen LogP contribution >= 0.6 is 0 Å². The lowest BCUT2D eigenvalue weighted by atomic mass is 9.99. The lowest BCUT2D eigenvalue weighted by Crippen LogP contribution is -2.46. The van der Waals surface area contributed by atoms with Gasteiger partial charge in [-0.2, -0.15) is 0 Å². The van der Waals surface area contributed by atoms with Crippen LogP contribution in [0.3, 0.4) is 0 Å². The highest BCUT2D eigenvalue weighted by Crippen LogP contribution is 2.43. The molecule has 2 fully saturated rings. The second-order valence-electron chi connectivity index (χ2n) is 9.69. The van der Waals surface area contributed by atoms with Gasteiger partial charge in [0.1, 0.15) is 17.9 Å². The molecular formula is C29H32N6O2. The molecule has 2 aliphatic rings. The first-order valence-corrected chi connectivity index (χ1v) is 13.2. The number of amides is 1. The number of piperazine rings is 1. The number of nitrogens with one attached hydrogen (secondary N) is 2. The third kappa shape index (κ3) is 4.70. The van der Waals surface area contributed by atoms with Crippen LogP contribution in [-0.4, -0.2) is 66.1 Å². The van der Waals surface area contributed by atoms with Gasteiger partial charge in [-0.1, -0.05) is 37.3 Å². The maximum absolute atomic E-state index is 12.5. The molecule has 190 valence electrons. The topological polar surface area (TPSA) is 86.5 Å². The van der Waals surface area contributed by atoms with E-state index < -0.39 is 0 Å². The van der Waals surface area contributed by atoms with Gasteiger partial charge in [-0.25, -0.2) is 9.97 Å². The van der Waals surface area contributed by atoms with Crippen LogP contribution < -0.4 is 15.5 Å². The molecule has 0 spiro atoms. The maximum Gasteiger partial charge on any atom is 0.241 e. The molecule has 2 aromatic heterocycles. The summed E-state index contributed by atoms with van der Waals surface area (Å²) >= 11 is 0. The van der Waals surface area contributed by atoms with Crippen molar-refractivity contribution in [3.05, 3.63) is 60.9 Å². The van der Waals surface area contributed by atoms with Crippen molar-refractivity contribution >= 4 is 28.5 Å². The van der Waals surface area contributed by atoms with Crippen molar-refractivity contribution in [3.63, 3.8) is 0 Å². The number of aromatic nitrogens is 2. The summed E-state index contributed by atoms with van der Waals surface area (Å²) in [7, 11) is 0. The van der Waals surface area contributed by atoms with Crippen LogP contribution in [0, 0.1) is 0 Å². The number of likely N-dealkylation sites (N-methyl/N-ethyl adjacent to an activating group) is 1. The van der Waals surface area contributed by atoms with Crippen molar-refractivity contribution in [2.45, 2.75) is 25.8 Å². The molecule has 6 rings (SSSR count). The number of hydrogen-bond acceptors (Lipinski definition) is 7. The van der Waals surface area contributed by atoms with Crippen LogP contribution in [0.5, 0.6) is 0 Å². The fourth-order valence-electron chi connectivity index (χ4n) is 5.36. The van der Waals surface area contributed by atoms with Gasteiger partial charge in [-0.05, 0) is 55.8 Å². The van der Waals surface area contributed by atoms with Gasteiger partial charge in [0.15, 0.2) is 0 Å². The largest absolute Gasteiger partial charge is 0.437 e. The van der Waals surface area contributed by atoms with Gasteiger partial charge in [-0.15, -0.1) is 0 Å². The van der Waals surface area contributed by atoms with Crippen LogP contribution in [-0.2, 0) is 4.79 Å². The number of benzene rings is 2. The van der Waals surface area contributed by atoms with Crippen molar-refractivity contribution < 1.29 is 9.21 Å². The zero-order valence-electron chi connectivity index (χ0n) is 21.1. The second-order valence-corrected chi connectivity index (χ2v) is 9.69. The first-order chi connectivity index (χ1) is 18.2. The first-order valence-electron chi connectivity index (χ1n) is 13.2. The molecule has 2 aliphatic heterocycles. The minimum atomic E-state index is -0.115. The third-order valence-electron chi connectivity index (χ3n) is 7.44. The maximum atomic E-state index is 12.5. The molecule has 8 nitrogen and oxygen atoms in total. The van der Waals surface area contributed by atoms with Gasteiger partial charge in [0, 0.05) is 43.0 Å². The SMILES string of the molecule is CCN1CCN(c2ncnc3oc(-c4ccc(NC(=O)[C@@H]5CCCN5)cc4)c(-c4ccccc4)c23)CC1. The average molecular weight is 497 g/mol. The summed E-state index contributed by atoms with van der Waals surface area (Å²) in [4.78, 5) is 26.6. The molecule has 4 aromatic rings. The van der Waals surface area contributed by atoms with E-state index >= 15 is 0 Å². The van der Waals surface area contributed by atoms with Crippen LogP contribution in [0.1, 0.15) is 19.8 Å². The molecule has 37 heavy (non-hydrogen) atoms. The zero-order chi connectivity index (χ0) is 25.2. The van der Waals surface area contributed by atoms with E-state index in [0.717, 1.165) is 91.5 Å². The molecule has 0 radical (unpaired) electrons. The van der Waals surface area contributed by atoms with Crippen molar-refractivity contribution in [1.29, 1.82) is 0 Å². The first kappa shape index (κ1) is 23.6. The van der Waals surface area contributed by atoms with E-state index in [1.54, 1.807) is 6.33 Å². The number of carbonyl (C=O) groups is 1. The molecule has 4 heterocycles. The molecule has 2 saturated heterocycles. The molecule has 0 saturated carbocycles. The number of hydrogen-bond donors (Lipinski definition) is 2. The van der Waals surface area contributed by atoms with E-state index in [1.807, 2.05) is 42.5 Å². The number of furan rings is 1. The predicted molar refractivity (Wildman–Crippen MR) is 147 cm³/mol. The van der Waals surface area contributed by atoms with Crippen LogP contribution in [0.4, 0.5) is 11.5 Å². The Hall–Kier alpha value is -3.75. The van der Waals surface area contributed by atoms with Crippen molar-refractivity contribution in [2.75, 3.05) is 49.5 Å². The Balaban J connectivity index is 1.39. The van der Waals surface area contributed by atoms with Gasteiger partial charge < -0.3 is 24.9 Å². The Morgan fingerprint density at radius 2 is 1.81 bits per heavy atom. The van der Waals surface area contributed by atoms with Gasteiger partial charge >= 0.3 is 0 Å². The van der Waals surface area contributed by atoms with E-state index in [1.165, 1.54) is 0 Å². The van der Waals surface area contributed by atoms with Crippen LogP contribution in [0.2, 0.25) is 0 Å². The number of carbonyl (C=O) groups excluding carboxylic acids is 1. The van der Waals surface area contributed by atoms with Crippen LogP contribution in [0.25, 0.3) is 33.6 Å². The molecule has 0 bridgehead atoms. The number of nitrogens with zero attached hydrogens (tertiary/aromatic N) is 4. The summed E-state index contributed by atoms with van der Waals surface area (Å²) in [6.07, 6.45) is 3.51. The van der Waals surface area contributed by atoms with E-state index in [4.69, 9.17) is 9.40 Å². The lowest BCUT2D eigenvalue weighted by Gasteiger charge is -2.35. The van der Waals surface area contributed by atoms with Crippen LogP contribution in [0.15, 0.2) is 65.3 Å². The highest BCUT2D eigenvalue weighted by molar-refractivity contribution is 6.06. The Morgan fingerprint density at radius 1 is 1.03 bits per heavy atom. The second kappa shape index (κ2) is 10.3. The summed E-state index contributed by atoms with van der Waals surface area (Å²) in [5, 5.41) is 7.22. The Bertz CT molecular complexity index is 1370. The number of rotatable bonds is 6. The third-order valence-corrected chi connectivity index (χ3v) is 7.44. The van der Waals surface area contributed by atoms with Gasteiger partial charge in [0.25, 0.3) is 0 Å². The fourth-order valence-corrected chi connectivity index (χ4v) is 5.36. The Morgan fingerprint density at radius 3 is 2.51 bits per heavy atom. The smallest absolute Gasteiger partial charge is 0.241 e. The molecule has 2 aromatic carbocycles. The lowest BCUT2D eigenvalue weighted by molar-refractivity contribution is -0.117. The standard InChI is InChI=1S/C29H32N6O2/c1-2-34-15-17-35(18-16-34)27-25-24(20-7-4-3-5-8-20)26(37-29(25)32-19-31-27)21-10-12-22(13-11-21)33-28(36)23-9-6-14-30-23/h3-5,7-8,10-13,19,23,30H,2,6,9,14-18H2,1H3,(H,33,36)/t23-/m0/s1. The monoisotopic (exact) mass is 496 g/mol. The normalized spacial score (nSPS) is 18.4. The van der Waals surface area contributed by atoms with Crippen molar-refractivity contribution in [3.8, 4) is 22.5 Å². The number of fused-ring (bicyclic) bond motifs is 1. The van der Waals surface area contributed by atoms with Crippen molar-refractivity contribution in [2.24, 2.45) is 0 Å². The van der Waals surface area contributed by atoms with Gasteiger partial charge in [-0.3, -0.25) is 4.79 Å². The van der Waals surface area contributed by atoms with E-state index in [2.05, 4.69) is 44.5 Å². The summed E-state index contributed by atoms with van der Waals surface area (Å²) in [6, 6.07) is 18.0. The summed E-state index contributed by atoms with van der Waals surface area (Å²) in [5.41, 5.74) is 4.34. The predicted octanol–water partition coefficient (Wildman–Crippen LogP) is 4.39. The number of anilines is 2. The molecular weight excluding hydrogens is 464 g/mol. The molecule has 2 N–H and O–H groups in total. The Labute approximate surface area is 216 Å². The van der Waals surface area contributed by atoms with Crippen molar-refractivity contribution in [1.82, 2.24) is 20.2 Å². The minimum Gasteiger partial charge on any atom is -0.437 e.